The molecular weight excluding hydrogens is 222 g/mol. The largest absolute Gasteiger partial charge is 0.287 e. The summed E-state index contributed by atoms with van der Waals surface area (Å²) in [7, 11) is 0. The van der Waals surface area contributed by atoms with Crippen LogP contribution in [0, 0.1) is 6.92 Å². The molecule has 2 nitrogen and oxygen atoms in total. The molecule has 0 saturated carbocycles. The van der Waals surface area contributed by atoms with Gasteiger partial charge in [0.25, 0.3) is 0 Å². The van der Waals surface area contributed by atoms with Gasteiger partial charge in [0.1, 0.15) is 5.69 Å². The quantitative estimate of drug-likeness (QED) is 0.743. The van der Waals surface area contributed by atoms with Crippen LogP contribution in [0.5, 0.6) is 0 Å². The minimum Gasteiger partial charge on any atom is -0.287 e. The van der Waals surface area contributed by atoms with Crippen LogP contribution in [0.1, 0.15) is 21.6 Å². The summed E-state index contributed by atoms with van der Waals surface area (Å²) in [5, 5.41) is 0.569. The van der Waals surface area contributed by atoms with Crippen LogP contribution in [0.3, 0.4) is 0 Å². The van der Waals surface area contributed by atoms with Crippen LogP contribution in [-0.4, -0.2) is 10.8 Å². The number of ketones is 1. The van der Waals surface area contributed by atoms with Gasteiger partial charge in [-0.25, -0.2) is 0 Å². The molecule has 0 fully saturated rings. The van der Waals surface area contributed by atoms with Crippen LogP contribution in [0.25, 0.3) is 0 Å². The summed E-state index contributed by atoms with van der Waals surface area (Å²) in [4.78, 5) is 16.1. The Hall–Kier alpha value is -1.67. The van der Waals surface area contributed by atoms with Gasteiger partial charge in [0.2, 0.25) is 5.78 Å². The van der Waals surface area contributed by atoms with Gasteiger partial charge in [-0.15, -0.1) is 0 Å². The van der Waals surface area contributed by atoms with Crippen LogP contribution in [0.15, 0.2) is 42.6 Å². The fraction of sp³-hybridized carbons (Fsp3) is 0.0769. The lowest BCUT2D eigenvalue weighted by atomic mass is 10.1. The van der Waals surface area contributed by atoms with E-state index >= 15 is 0 Å². The average molecular weight is 232 g/mol. The second-order valence-electron chi connectivity index (χ2n) is 3.56. The normalized spacial score (nSPS) is 10.1. The summed E-state index contributed by atoms with van der Waals surface area (Å²) < 4.78 is 0. The number of nitrogens with zero attached hydrogens (tertiary/aromatic N) is 1. The Morgan fingerprint density at radius 2 is 2.06 bits per heavy atom. The third-order valence-corrected chi connectivity index (χ3v) is 2.42. The molecule has 2 aromatic rings. The minimum absolute atomic E-state index is 0.105. The number of carbonyl (C=O) groups excluding carboxylic acids is 1. The molecule has 0 saturated heterocycles. The topological polar surface area (TPSA) is 30.0 Å². The summed E-state index contributed by atoms with van der Waals surface area (Å²) in [6.07, 6.45) is 1.60. The maximum atomic E-state index is 12.0. The van der Waals surface area contributed by atoms with Crippen molar-refractivity contribution in [2.24, 2.45) is 0 Å². The Morgan fingerprint density at radius 1 is 1.25 bits per heavy atom. The summed E-state index contributed by atoms with van der Waals surface area (Å²) >= 11 is 5.91. The molecule has 0 aliphatic rings. The van der Waals surface area contributed by atoms with E-state index in [1.165, 1.54) is 0 Å². The number of rotatable bonds is 2. The molecule has 1 aromatic carbocycles. The van der Waals surface area contributed by atoms with E-state index in [0.717, 1.165) is 5.56 Å². The third kappa shape index (κ3) is 2.28. The van der Waals surface area contributed by atoms with E-state index in [0.29, 0.717) is 16.3 Å². The van der Waals surface area contributed by atoms with Crippen molar-refractivity contribution in [2.45, 2.75) is 6.92 Å². The highest BCUT2D eigenvalue weighted by Crippen LogP contribution is 2.16. The number of carbonyl (C=O) groups is 1. The number of halogens is 1. The lowest BCUT2D eigenvalue weighted by Gasteiger charge is -2.02. The van der Waals surface area contributed by atoms with Crippen molar-refractivity contribution in [1.29, 1.82) is 0 Å². The summed E-state index contributed by atoms with van der Waals surface area (Å²) in [5.74, 6) is -0.105. The fourth-order valence-electron chi connectivity index (χ4n) is 1.51. The van der Waals surface area contributed by atoms with E-state index in [9.17, 15) is 4.79 Å². The van der Waals surface area contributed by atoms with Crippen LogP contribution in [-0.2, 0) is 0 Å². The molecule has 0 bridgehead atoms. The smallest absolute Gasteiger partial charge is 0.211 e. The van der Waals surface area contributed by atoms with Gasteiger partial charge in [-0.2, -0.15) is 0 Å². The van der Waals surface area contributed by atoms with Crippen molar-refractivity contribution >= 4 is 17.4 Å². The lowest BCUT2D eigenvalue weighted by Crippen LogP contribution is -2.03. The van der Waals surface area contributed by atoms with Crippen molar-refractivity contribution in [1.82, 2.24) is 4.98 Å². The Labute approximate surface area is 98.9 Å². The molecule has 0 amide bonds. The van der Waals surface area contributed by atoms with Gasteiger partial charge in [0.05, 0.1) is 0 Å². The molecular formula is C13H10ClNO. The first-order valence-electron chi connectivity index (χ1n) is 4.90. The second-order valence-corrected chi connectivity index (χ2v) is 4.00. The minimum atomic E-state index is -0.105. The first-order chi connectivity index (χ1) is 7.66. The molecule has 0 radical (unpaired) electrons. The van der Waals surface area contributed by atoms with E-state index in [-0.39, 0.29) is 5.78 Å². The highest BCUT2D eigenvalue weighted by atomic mass is 35.5. The van der Waals surface area contributed by atoms with E-state index in [1.54, 1.807) is 30.5 Å². The molecule has 0 atom stereocenters. The lowest BCUT2D eigenvalue weighted by molar-refractivity contribution is 0.103. The van der Waals surface area contributed by atoms with Gasteiger partial charge in [0, 0.05) is 16.8 Å². The van der Waals surface area contributed by atoms with Gasteiger partial charge in [0.15, 0.2) is 0 Å². The number of benzene rings is 1. The average Bonchev–Trinajstić information content (AvgIpc) is 2.28. The zero-order valence-electron chi connectivity index (χ0n) is 8.77. The predicted octanol–water partition coefficient (Wildman–Crippen LogP) is 3.27. The first-order valence-corrected chi connectivity index (χ1v) is 5.27. The standard InChI is InChI=1S/C13H10ClNO/c1-9-6-10(8-11(14)7-9)13(16)12-4-2-3-5-15-12/h2-8H,1H3. The van der Waals surface area contributed by atoms with Crippen LogP contribution in [0.2, 0.25) is 5.02 Å². The molecule has 0 spiro atoms. The Kier molecular flexibility index (Phi) is 3.02. The fourth-order valence-corrected chi connectivity index (χ4v) is 1.80. The SMILES string of the molecule is Cc1cc(Cl)cc(C(=O)c2ccccn2)c1. The van der Waals surface area contributed by atoms with Gasteiger partial charge in [-0.05, 0) is 42.8 Å². The molecule has 0 unspecified atom stereocenters. The van der Waals surface area contributed by atoms with Crippen molar-refractivity contribution in [2.75, 3.05) is 0 Å². The van der Waals surface area contributed by atoms with Gasteiger partial charge >= 0.3 is 0 Å². The van der Waals surface area contributed by atoms with E-state index in [2.05, 4.69) is 4.98 Å². The molecule has 2 rings (SSSR count). The Bertz CT molecular complexity index is 502. The zero-order valence-corrected chi connectivity index (χ0v) is 9.53. The molecule has 0 N–H and O–H groups in total. The van der Waals surface area contributed by atoms with E-state index in [4.69, 9.17) is 11.6 Å². The van der Waals surface area contributed by atoms with Crippen molar-refractivity contribution < 1.29 is 4.79 Å². The molecule has 0 aliphatic carbocycles. The Morgan fingerprint density at radius 3 is 2.69 bits per heavy atom. The van der Waals surface area contributed by atoms with Crippen molar-refractivity contribution in [3.8, 4) is 0 Å². The maximum absolute atomic E-state index is 12.0. The number of aryl methyl sites for hydroxylation is 1. The summed E-state index contributed by atoms with van der Waals surface area (Å²) in [6.45, 7) is 1.90. The monoisotopic (exact) mass is 231 g/mol. The first kappa shape index (κ1) is 10.8. The molecule has 16 heavy (non-hydrogen) atoms. The number of hydrogen-bond donors (Lipinski definition) is 0. The number of hydrogen-bond acceptors (Lipinski definition) is 2. The highest BCUT2D eigenvalue weighted by molar-refractivity contribution is 6.31. The molecule has 1 aromatic heterocycles. The Balaban J connectivity index is 2.42. The molecule has 0 aliphatic heterocycles. The van der Waals surface area contributed by atoms with Crippen LogP contribution >= 0.6 is 11.6 Å². The third-order valence-electron chi connectivity index (χ3n) is 2.20. The van der Waals surface area contributed by atoms with E-state index in [1.807, 2.05) is 19.1 Å². The highest BCUT2D eigenvalue weighted by Gasteiger charge is 2.10. The zero-order chi connectivity index (χ0) is 11.5. The molecule has 1 heterocycles. The van der Waals surface area contributed by atoms with Crippen molar-refractivity contribution in [3.63, 3.8) is 0 Å². The summed E-state index contributed by atoms with van der Waals surface area (Å²) in [6, 6.07) is 10.5. The van der Waals surface area contributed by atoms with Crippen molar-refractivity contribution in [3.05, 3.63) is 64.4 Å². The van der Waals surface area contributed by atoms with Gasteiger partial charge < -0.3 is 0 Å². The van der Waals surface area contributed by atoms with Crippen LogP contribution < -0.4 is 0 Å². The maximum Gasteiger partial charge on any atom is 0.211 e. The second kappa shape index (κ2) is 4.45. The molecule has 80 valence electrons. The van der Waals surface area contributed by atoms with E-state index < -0.39 is 0 Å². The van der Waals surface area contributed by atoms with Crippen LogP contribution in [0.4, 0.5) is 0 Å². The molecule has 3 heteroatoms. The van der Waals surface area contributed by atoms with Gasteiger partial charge in [-0.3, -0.25) is 9.78 Å². The van der Waals surface area contributed by atoms with Gasteiger partial charge in [-0.1, -0.05) is 17.7 Å². The summed E-state index contributed by atoms with van der Waals surface area (Å²) in [5.41, 5.74) is 1.97. The predicted molar refractivity (Wildman–Crippen MR) is 63.9 cm³/mol. The number of pyridine rings is 1. The number of aromatic nitrogens is 1.